The van der Waals surface area contributed by atoms with Crippen molar-refractivity contribution in [3.63, 3.8) is 0 Å². The van der Waals surface area contributed by atoms with Crippen molar-refractivity contribution in [1.82, 2.24) is 19.8 Å². The maximum atomic E-state index is 13.6. The van der Waals surface area contributed by atoms with Crippen LogP contribution in [-0.2, 0) is 17.7 Å². The van der Waals surface area contributed by atoms with Gasteiger partial charge in [-0.15, -0.1) is 0 Å². The van der Waals surface area contributed by atoms with Gasteiger partial charge >= 0.3 is 0 Å². The Balaban J connectivity index is 1.16. The number of aromatic nitrogens is 2. The SMILES string of the molecule is O=C(c1cnc(N2CCOCC2)nc1)N1CCC(N2CCc3ccc(F)cc3C2)CC1. The van der Waals surface area contributed by atoms with Crippen molar-refractivity contribution in [2.24, 2.45) is 0 Å². The molecule has 0 radical (unpaired) electrons. The van der Waals surface area contributed by atoms with Gasteiger partial charge in [-0.25, -0.2) is 14.4 Å². The van der Waals surface area contributed by atoms with E-state index in [1.54, 1.807) is 24.5 Å². The zero-order valence-corrected chi connectivity index (χ0v) is 17.7. The number of fused-ring (bicyclic) bond motifs is 1. The van der Waals surface area contributed by atoms with E-state index in [-0.39, 0.29) is 11.7 Å². The molecule has 0 aliphatic carbocycles. The molecular formula is C23H28FN5O2. The second-order valence-electron chi connectivity index (χ2n) is 8.53. The van der Waals surface area contributed by atoms with E-state index in [4.69, 9.17) is 4.74 Å². The summed E-state index contributed by atoms with van der Waals surface area (Å²) in [6.45, 7) is 6.13. The average Bonchev–Trinajstić information content (AvgIpc) is 2.84. The number of rotatable bonds is 3. The minimum atomic E-state index is -0.164. The van der Waals surface area contributed by atoms with Crippen LogP contribution >= 0.6 is 0 Å². The van der Waals surface area contributed by atoms with E-state index >= 15 is 0 Å². The Morgan fingerprint density at radius 3 is 2.48 bits per heavy atom. The molecule has 3 aliphatic heterocycles. The standard InChI is InChI=1S/C23H28FN5O2/c24-20-2-1-17-3-6-29(16-18(17)13-20)21-4-7-27(8-5-21)22(30)19-14-25-23(26-15-19)28-9-11-31-12-10-28/h1-2,13-15,21H,3-12,16H2. The Morgan fingerprint density at radius 2 is 1.74 bits per heavy atom. The monoisotopic (exact) mass is 425 g/mol. The zero-order chi connectivity index (χ0) is 21.2. The Morgan fingerprint density at radius 1 is 1.00 bits per heavy atom. The second-order valence-corrected chi connectivity index (χ2v) is 8.53. The van der Waals surface area contributed by atoms with Gasteiger partial charge in [0.1, 0.15) is 5.82 Å². The van der Waals surface area contributed by atoms with Gasteiger partial charge < -0.3 is 14.5 Å². The van der Waals surface area contributed by atoms with E-state index in [9.17, 15) is 9.18 Å². The van der Waals surface area contributed by atoms with Gasteiger partial charge in [0.25, 0.3) is 5.91 Å². The highest BCUT2D eigenvalue weighted by molar-refractivity contribution is 5.93. The van der Waals surface area contributed by atoms with Gasteiger partial charge in [-0.2, -0.15) is 0 Å². The maximum absolute atomic E-state index is 13.6. The molecule has 2 aromatic rings. The molecule has 164 valence electrons. The highest BCUT2D eigenvalue weighted by Crippen LogP contribution is 2.26. The lowest BCUT2D eigenvalue weighted by atomic mass is 9.95. The zero-order valence-electron chi connectivity index (χ0n) is 17.7. The normalized spacial score (nSPS) is 20.5. The van der Waals surface area contributed by atoms with Crippen LogP contribution in [0.4, 0.5) is 10.3 Å². The van der Waals surface area contributed by atoms with Gasteiger partial charge in [0.15, 0.2) is 0 Å². The number of hydrogen-bond donors (Lipinski definition) is 0. The fourth-order valence-corrected chi connectivity index (χ4v) is 4.83. The molecule has 0 atom stereocenters. The molecule has 7 nitrogen and oxygen atoms in total. The summed E-state index contributed by atoms with van der Waals surface area (Å²) in [4.78, 5) is 28.2. The molecule has 1 aromatic heterocycles. The summed E-state index contributed by atoms with van der Waals surface area (Å²) in [5.74, 6) is 0.487. The van der Waals surface area contributed by atoms with Crippen LogP contribution in [0, 0.1) is 5.82 Å². The summed E-state index contributed by atoms with van der Waals surface area (Å²) in [5, 5.41) is 0. The van der Waals surface area contributed by atoms with Crippen LogP contribution in [0.1, 0.15) is 34.3 Å². The van der Waals surface area contributed by atoms with Crippen molar-refractivity contribution >= 4 is 11.9 Å². The first-order valence-corrected chi connectivity index (χ1v) is 11.1. The van der Waals surface area contributed by atoms with Crippen molar-refractivity contribution in [2.75, 3.05) is 50.8 Å². The molecule has 8 heteroatoms. The topological polar surface area (TPSA) is 61.8 Å². The number of carbonyl (C=O) groups excluding carboxylic acids is 1. The van der Waals surface area contributed by atoms with Crippen molar-refractivity contribution in [3.8, 4) is 0 Å². The molecule has 2 fully saturated rings. The number of amides is 1. The molecule has 1 aromatic carbocycles. The van der Waals surface area contributed by atoms with Gasteiger partial charge in [-0.1, -0.05) is 6.07 Å². The highest BCUT2D eigenvalue weighted by Gasteiger charge is 2.29. The van der Waals surface area contributed by atoms with Crippen LogP contribution in [0.25, 0.3) is 0 Å². The number of anilines is 1. The van der Waals surface area contributed by atoms with Crippen LogP contribution in [-0.4, -0.2) is 77.7 Å². The summed E-state index contributed by atoms with van der Waals surface area (Å²) >= 11 is 0. The Bertz CT molecular complexity index is 924. The van der Waals surface area contributed by atoms with Crippen molar-refractivity contribution in [2.45, 2.75) is 31.8 Å². The van der Waals surface area contributed by atoms with Gasteiger partial charge in [-0.3, -0.25) is 9.69 Å². The molecule has 4 heterocycles. The predicted molar refractivity (Wildman–Crippen MR) is 115 cm³/mol. The minimum Gasteiger partial charge on any atom is -0.378 e. The highest BCUT2D eigenvalue weighted by atomic mass is 19.1. The first kappa shape index (κ1) is 20.3. The number of hydrogen-bond acceptors (Lipinski definition) is 6. The van der Waals surface area contributed by atoms with Crippen molar-refractivity contribution < 1.29 is 13.9 Å². The van der Waals surface area contributed by atoms with Crippen LogP contribution in [0.2, 0.25) is 0 Å². The lowest BCUT2D eigenvalue weighted by molar-refractivity contribution is 0.0598. The van der Waals surface area contributed by atoms with E-state index in [1.807, 2.05) is 11.0 Å². The molecule has 0 unspecified atom stereocenters. The molecule has 2 saturated heterocycles. The van der Waals surface area contributed by atoms with Gasteiger partial charge in [-0.05, 0) is 42.5 Å². The summed E-state index contributed by atoms with van der Waals surface area (Å²) in [6, 6.07) is 5.56. The smallest absolute Gasteiger partial charge is 0.256 e. The Hall–Kier alpha value is -2.58. The van der Waals surface area contributed by atoms with E-state index in [0.29, 0.717) is 30.8 Å². The molecule has 0 saturated carbocycles. The number of likely N-dealkylation sites (tertiary alicyclic amines) is 1. The van der Waals surface area contributed by atoms with Gasteiger partial charge in [0.2, 0.25) is 5.95 Å². The van der Waals surface area contributed by atoms with Crippen LogP contribution in [0.15, 0.2) is 30.6 Å². The second kappa shape index (κ2) is 8.88. The number of ether oxygens (including phenoxy) is 1. The quantitative estimate of drug-likeness (QED) is 0.751. The Kier molecular flexibility index (Phi) is 5.82. The summed E-state index contributed by atoms with van der Waals surface area (Å²) in [5.41, 5.74) is 2.89. The number of halogens is 1. The Labute approximate surface area is 181 Å². The maximum Gasteiger partial charge on any atom is 0.256 e. The first-order chi connectivity index (χ1) is 15.2. The third kappa shape index (κ3) is 4.41. The number of carbonyl (C=O) groups is 1. The molecule has 5 rings (SSSR count). The molecule has 1 amide bonds. The number of morpholine rings is 1. The van der Waals surface area contributed by atoms with E-state index < -0.39 is 0 Å². The summed E-state index contributed by atoms with van der Waals surface area (Å²) in [6.07, 6.45) is 6.11. The predicted octanol–water partition coefficient (Wildman–Crippen LogP) is 2.12. The van der Waals surface area contributed by atoms with Crippen LogP contribution in [0.5, 0.6) is 0 Å². The lowest BCUT2D eigenvalue weighted by Gasteiger charge is -2.40. The van der Waals surface area contributed by atoms with Gasteiger partial charge in [0, 0.05) is 57.7 Å². The summed E-state index contributed by atoms with van der Waals surface area (Å²) in [7, 11) is 0. The third-order valence-electron chi connectivity index (χ3n) is 6.66. The molecule has 0 N–H and O–H groups in total. The molecule has 0 spiro atoms. The number of piperidine rings is 1. The fraction of sp³-hybridized carbons (Fsp3) is 0.522. The minimum absolute atomic E-state index is 0.00182. The fourth-order valence-electron chi connectivity index (χ4n) is 4.83. The number of nitrogens with zero attached hydrogens (tertiary/aromatic N) is 5. The summed E-state index contributed by atoms with van der Waals surface area (Å²) < 4.78 is 19.0. The van der Waals surface area contributed by atoms with Crippen molar-refractivity contribution in [1.29, 1.82) is 0 Å². The molecule has 3 aliphatic rings. The largest absolute Gasteiger partial charge is 0.378 e. The third-order valence-corrected chi connectivity index (χ3v) is 6.66. The molecule has 0 bridgehead atoms. The molecule has 31 heavy (non-hydrogen) atoms. The number of benzene rings is 1. The van der Waals surface area contributed by atoms with Gasteiger partial charge in [0.05, 0.1) is 18.8 Å². The van der Waals surface area contributed by atoms with E-state index in [1.165, 1.54) is 5.56 Å². The van der Waals surface area contributed by atoms with Crippen LogP contribution < -0.4 is 4.90 Å². The van der Waals surface area contributed by atoms with E-state index in [2.05, 4.69) is 19.8 Å². The first-order valence-electron chi connectivity index (χ1n) is 11.1. The average molecular weight is 426 g/mol. The molecular weight excluding hydrogens is 397 g/mol. The van der Waals surface area contributed by atoms with Crippen LogP contribution in [0.3, 0.4) is 0 Å². The lowest BCUT2D eigenvalue weighted by Crippen LogP contribution is -2.48. The van der Waals surface area contributed by atoms with Crippen molar-refractivity contribution in [3.05, 3.63) is 53.1 Å². The van der Waals surface area contributed by atoms with E-state index in [0.717, 1.165) is 64.1 Å².